The van der Waals surface area contributed by atoms with Crippen LogP contribution in [0, 0.1) is 0 Å². The molecular formula is HB2NS2. The lowest BCUT2D eigenvalue weighted by Crippen LogP contribution is -1.83. The van der Waals surface area contributed by atoms with Gasteiger partial charge in [0, 0.05) is 0 Å². The van der Waals surface area contributed by atoms with E-state index in [1.165, 1.54) is 0 Å². The first-order valence-electron chi connectivity index (χ1n) is 0.880. The average Bonchev–Trinajstić information content (AvgIpc) is 1.41. The van der Waals surface area contributed by atoms with Gasteiger partial charge in [0.05, 0.1) is 0 Å². The molecule has 0 rings (SSSR count). The topological polar surface area (TPSA) is 12.0 Å². The average molecular weight is 101 g/mol. The molecule has 0 aromatic carbocycles. The van der Waals surface area contributed by atoms with Crippen molar-refractivity contribution < 1.29 is 0 Å². The Bertz CT molecular complexity index is 15.1. The maximum Gasteiger partial charge on any atom is 0.185 e. The van der Waals surface area contributed by atoms with Crippen LogP contribution in [-0.2, 0) is 0 Å². The Morgan fingerprint density at radius 1 is 1.20 bits per heavy atom. The van der Waals surface area contributed by atoms with Gasteiger partial charge >= 0.3 is 0 Å². The van der Waals surface area contributed by atoms with Crippen molar-refractivity contribution >= 4 is 37.8 Å². The molecule has 0 saturated heterocycles. The van der Waals surface area contributed by atoms with E-state index >= 15 is 0 Å². The number of hydrogen-bond acceptors (Lipinski definition) is 3. The van der Waals surface area contributed by atoms with Crippen molar-refractivity contribution in [3.8, 4) is 0 Å². The van der Waals surface area contributed by atoms with E-state index in [1.807, 2.05) is 0 Å². The Hall–Kier alpha value is 0.790. The lowest BCUT2D eigenvalue weighted by atomic mass is 10.8. The van der Waals surface area contributed by atoms with Crippen LogP contribution in [0.3, 0.4) is 0 Å². The van der Waals surface area contributed by atoms with Crippen LogP contribution in [0.4, 0.5) is 0 Å². The fraction of sp³-hybridized carbons (Fsp3) is 0. The van der Waals surface area contributed by atoms with Crippen molar-refractivity contribution in [2.45, 2.75) is 0 Å². The van der Waals surface area contributed by atoms with Gasteiger partial charge in [-0.1, -0.05) is 0 Å². The molecule has 0 saturated carbocycles. The Balaban J connectivity index is 2.19. The predicted molar refractivity (Wildman–Crippen MR) is 29.8 cm³/mol. The Morgan fingerprint density at radius 3 is 1.60 bits per heavy atom. The number of nitrogens with one attached hydrogen (secondary N) is 1. The van der Waals surface area contributed by atoms with E-state index in [-0.39, 0.29) is 0 Å². The molecule has 0 aromatic heterocycles. The Morgan fingerprint density at radius 2 is 1.60 bits per heavy atom. The summed E-state index contributed by atoms with van der Waals surface area (Å²) in [5, 5.41) is 0. The first kappa shape index (κ1) is 5.79. The summed E-state index contributed by atoms with van der Waals surface area (Å²) < 4.78 is 2.50. The molecule has 0 fully saturated rings. The molecular weight excluding hydrogens is 99.8 g/mol. The molecule has 4 radical (unpaired) electrons. The summed E-state index contributed by atoms with van der Waals surface area (Å²) in [5.41, 5.74) is 0. The molecule has 0 unspecified atom stereocenters. The van der Waals surface area contributed by atoms with Gasteiger partial charge in [-0.05, 0) is 0 Å². The smallest absolute Gasteiger partial charge is 0.185 e. The normalized spacial score (nSPS) is 8.00. The van der Waals surface area contributed by atoms with Crippen molar-refractivity contribution in [2.75, 3.05) is 0 Å². The Kier molecular flexibility index (Phi) is 5.55. The molecule has 5 heteroatoms. The zero-order valence-corrected chi connectivity index (χ0v) is 4.10. The molecule has 1 nitrogen and oxygen atoms in total. The SMILES string of the molecule is [B]SNS[B]. The summed E-state index contributed by atoms with van der Waals surface area (Å²) in [4.78, 5) is 0. The van der Waals surface area contributed by atoms with E-state index in [0.717, 1.165) is 23.6 Å². The minimum atomic E-state index is 0.990. The lowest BCUT2D eigenvalue weighted by molar-refractivity contribution is 1.81. The lowest BCUT2D eigenvalue weighted by Gasteiger charge is -1.86. The molecule has 24 valence electrons. The summed E-state index contributed by atoms with van der Waals surface area (Å²) in [6.45, 7) is 0. The molecule has 0 aromatic rings. The van der Waals surface area contributed by atoms with Crippen molar-refractivity contribution in [1.82, 2.24) is 4.13 Å². The van der Waals surface area contributed by atoms with Crippen LogP contribution in [-0.4, -0.2) is 14.2 Å². The zero-order valence-electron chi connectivity index (χ0n) is 2.47. The second-order valence-corrected chi connectivity index (χ2v) is 1.46. The van der Waals surface area contributed by atoms with Crippen molar-refractivity contribution in [3.05, 3.63) is 0 Å². The van der Waals surface area contributed by atoms with E-state index in [2.05, 4.69) is 4.13 Å². The number of hydrogen-bond donors (Lipinski definition) is 1. The third-order valence-electron chi connectivity index (χ3n) is 0.0962. The maximum absolute atomic E-state index is 4.84. The molecule has 5 heavy (non-hydrogen) atoms. The van der Waals surface area contributed by atoms with E-state index < -0.39 is 0 Å². The Labute approximate surface area is 42.5 Å². The summed E-state index contributed by atoms with van der Waals surface area (Å²) in [7, 11) is 9.69. The van der Waals surface area contributed by atoms with Crippen molar-refractivity contribution in [3.63, 3.8) is 0 Å². The van der Waals surface area contributed by atoms with Gasteiger partial charge in [0.15, 0.2) is 14.2 Å². The van der Waals surface area contributed by atoms with Crippen molar-refractivity contribution in [1.29, 1.82) is 0 Å². The highest BCUT2D eigenvalue weighted by Crippen LogP contribution is 1.87. The van der Waals surface area contributed by atoms with Gasteiger partial charge in [-0.2, -0.15) is 0 Å². The van der Waals surface area contributed by atoms with Crippen LogP contribution in [0.2, 0.25) is 0 Å². The van der Waals surface area contributed by atoms with E-state index in [1.54, 1.807) is 0 Å². The monoisotopic (exact) mass is 101 g/mol. The van der Waals surface area contributed by atoms with Crippen LogP contribution >= 0.6 is 23.6 Å². The molecule has 0 spiro atoms. The molecule has 0 aliphatic rings. The second kappa shape index (κ2) is 4.79. The summed E-state index contributed by atoms with van der Waals surface area (Å²) in [5.74, 6) is 0. The molecule has 0 bridgehead atoms. The summed E-state index contributed by atoms with van der Waals surface area (Å²) in [6, 6.07) is 0. The minimum Gasteiger partial charge on any atom is -0.231 e. The van der Waals surface area contributed by atoms with E-state index in [9.17, 15) is 0 Å². The van der Waals surface area contributed by atoms with Crippen LogP contribution in [0.15, 0.2) is 0 Å². The second-order valence-electron chi connectivity index (χ2n) is 0.319. The van der Waals surface area contributed by atoms with Gasteiger partial charge in [-0.15, -0.1) is 23.6 Å². The third kappa shape index (κ3) is 4.79. The van der Waals surface area contributed by atoms with Crippen LogP contribution in [0.5, 0.6) is 0 Å². The third-order valence-corrected chi connectivity index (χ3v) is 0.866. The molecule has 1 N–H and O–H groups in total. The zero-order chi connectivity index (χ0) is 4.12. The highest BCUT2D eigenvalue weighted by molar-refractivity contribution is 8.31. The van der Waals surface area contributed by atoms with E-state index in [0.29, 0.717) is 0 Å². The fourth-order valence-electron chi connectivity index (χ4n) is 0.0278. The highest BCUT2D eigenvalue weighted by Gasteiger charge is 1.63. The first-order valence-corrected chi connectivity index (χ1v) is 2.64. The van der Waals surface area contributed by atoms with Gasteiger partial charge in [-0.25, -0.2) is 4.13 Å². The van der Waals surface area contributed by atoms with Crippen molar-refractivity contribution in [2.24, 2.45) is 0 Å². The molecule has 0 atom stereocenters. The predicted octanol–water partition coefficient (Wildman–Crippen LogP) is 0.0394. The fourth-order valence-corrected chi connectivity index (χ4v) is 0.250. The number of rotatable bonds is 2. The quantitative estimate of drug-likeness (QED) is 0.389. The van der Waals surface area contributed by atoms with Crippen LogP contribution < -0.4 is 4.13 Å². The molecule has 0 aliphatic heterocycles. The summed E-state index contributed by atoms with van der Waals surface area (Å²) in [6.07, 6.45) is 0. The van der Waals surface area contributed by atoms with Gasteiger partial charge in [0.1, 0.15) is 0 Å². The maximum atomic E-state index is 4.84. The van der Waals surface area contributed by atoms with Gasteiger partial charge in [0.2, 0.25) is 0 Å². The van der Waals surface area contributed by atoms with Crippen LogP contribution in [0.25, 0.3) is 0 Å². The first-order chi connectivity index (χ1) is 2.41. The summed E-state index contributed by atoms with van der Waals surface area (Å²) >= 11 is 1.98. The standard InChI is InChI=1S/B2HNS2/c1-4-3-5-2/h3H. The van der Waals surface area contributed by atoms with E-state index in [4.69, 9.17) is 14.2 Å². The van der Waals surface area contributed by atoms with Crippen LogP contribution in [0.1, 0.15) is 0 Å². The van der Waals surface area contributed by atoms with Gasteiger partial charge in [0.25, 0.3) is 0 Å². The molecule has 0 amide bonds. The molecule has 0 aliphatic carbocycles. The van der Waals surface area contributed by atoms with Gasteiger partial charge < -0.3 is 0 Å². The largest absolute Gasteiger partial charge is 0.231 e. The van der Waals surface area contributed by atoms with Gasteiger partial charge in [-0.3, -0.25) is 0 Å². The molecule has 0 heterocycles. The highest BCUT2D eigenvalue weighted by atomic mass is 32.2. The minimum absolute atomic E-state index is 0.990.